The van der Waals surface area contributed by atoms with Gasteiger partial charge in [0.2, 0.25) is 3.79 Å². The quantitative estimate of drug-likeness (QED) is 0.790. The Morgan fingerprint density at radius 1 is 1.13 bits per heavy atom. The molecule has 3 nitrogen and oxygen atoms in total. The summed E-state index contributed by atoms with van der Waals surface area (Å²) < 4.78 is 3.03. The zero-order chi connectivity index (χ0) is 12.1. The average Bonchev–Trinajstić information content (AvgIpc) is 2.01. The van der Waals surface area contributed by atoms with Crippen molar-refractivity contribution in [3.05, 3.63) is 0 Å². The number of nitrogens with two attached hydrogens (primary N) is 1. The molecule has 0 unspecified atom stereocenters. The van der Waals surface area contributed by atoms with Crippen molar-refractivity contribution in [2.45, 2.75) is 22.2 Å². The summed E-state index contributed by atoms with van der Waals surface area (Å²) in [5.74, 6) is 0.302. The van der Waals surface area contributed by atoms with Crippen LogP contribution in [0.15, 0.2) is 0 Å². The van der Waals surface area contributed by atoms with E-state index in [1.54, 1.807) is 0 Å². The molecule has 0 aliphatic rings. The summed E-state index contributed by atoms with van der Waals surface area (Å²) in [7, 11) is 0. The SMILES string of the molecule is NC(=O)OC(CCCl)(CCCl)C(Cl)(Cl)Cl. The van der Waals surface area contributed by atoms with Gasteiger partial charge in [-0.3, -0.25) is 0 Å². The van der Waals surface area contributed by atoms with Gasteiger partial charge in [-0.05, 0) is 0 Å². The van der Waals surface area contributed by atoms with Gasteiger partial charge in [0.1, 0.15) is 0 Å². The highest BCUT2D eigenvalue weighted by Gasteiger charge is 2.50. The summed E-state index contributed by atoms with van der Waals surface area (Å²) in [5.41, 5.74) is 3.53. The Morgan fingerprint density at radius 3 is 1.73 bits per heavy atom. The maximum atomic E-state index is 10.7. The minimum Gasteiger partial charge on any atom is -0.438 e. The highest BCUT2D eigenvalue weighted by molar-refractivity contribution is 6.68. The van der Waals surface area contributed by atoms with Crippen molar-refractivity contribution >= 4 is 64.1 Å². The number of ether oxygens (including phenoxy) is 1. The molecule has 8 heteroatoms. The molecule has 0 aliphatic carbocycles. The van der Waals surface area contributed by atoms with Gasteiger partial charge in [0.25, 0.3) is 0 Å². The summed E-state index contributed by atoms with van der Waals surface area (Å²) in [5, 5.41) is 0. The minimum absolute atomic E-state index is 0.151. The number of primary amides is 1. The second-order valence-electron chi connectivity index (χ2n) is 2.79. The van der Waals surface area contributed by atoms with E-state index >= 15 is 0 Å². The van der Waals surface area contributed by atoms with Crippen LogP contribution in [0.5, 0.6) is 0 Å². The maximum absolute atomic E-state index is 10.7. The molecule has 2 N–H and O–H groups in total. The number of carbonyl (C=O) groups is 1. The highest BCUT2D eigenvalue weighted by Crippen LogP contribution is 2.45. The third-order valence-electron chi connectivity index (χ3n) is 1.81. The summed E-state index contributed by atoms with van der Waals surface area (Å²) in [6.45, 7) is 0. The van der Waals surface area contributed by atoms with Crippen molar-refractivity contribution < 1.29 is 9.53 Å². The second-order valence-corrected chi connectivity index (χ2v) is 5.83. The lowest BCUT2D eigenvalue weighted by molar-refractivity contribution is 0.0143. The molecular weight excluding hydrogens is 307 g/mol. The average molecular weight is 317 g/mol. The van der Waals surface area contributed by atoms with E-state index in [9.17, 15) is 4.79 Å². The molecular formula is C7H10Cl5NO2. The van der Waals surface area contributed by atoms with Crippen molar-refractivity contribution in [1.82, 2.24) is 0 Å². The topological polar surface area (TPSA) is 52.3 Å². The van der Waals surface area contributed by atoms with Crippen LogP contribution >= 0.6 is 58.0 Å². The van der Waals surface area contributed by atoms with Gasteiger partial charge in [-0.15, -0.1) is 23.2 Å². The van der Waals surface area contributed by atoms with Crippen LogP contribution in [0.2, 0.25) is 0 Å². The molecule has 15 heavy (non-hydrogen) atoms. The molecule has 0 saturated heterocycles. The van der Waals surface area contributed by atoms with Gasteiger partial charge >= 0.3 is 6.09 Å². The predicted molar refractivity (Wildman–Crippen MR) is 64.4 cm³/mol. The van der Waals surface area contributed by atoms with E-state index in [0.717, 1.165) is 0 Å². The van der Waals surface area contributed by atoms with Gasteiger partial charge in [0.05, 0.1) is 0 Å². The number of rotatable bonds is 5. The molecule has 0 saturated carbocycles. The number of hydrogen-bond donors (Lipinski definition) is 1. The fourth-order valence-corrected chi connectivity index (χ4v) is 2.36. The monoisotopic (exact) mass is 315 g/mol. The Balaban J connectivity index is 4.97. The van der Waals surface area contributed by atoms with E-state index in [-0.39, 0.29) is 24.6 Å². The van der Waals surface area contributed by atoms with Gasteiger partial charge in [-0.1, -0.05) is 34.8 Å². The van der Waals surface area contributed by atoms with E-state index in [1.165, 1.54) is 0 Å². The molecule has 1 amide bonds. The lowest BCUT2D eigenvalue weighted by Crippen LogP contribution is -2.49. The number of halogens is 5. The Bertz CT molecular complexity index is 212. The number of carbonyl (C=O) groups excluding carboxylic acids is 1. The lowest BCUT2D eigenvalue weighted by atomic mass is 9.99. The fourth-order valence-electron chi connectivity index (χ4n) is 1.07. The molecule has 0 aromatic carbocycles. The number of alkyl halides is 5. The molecule has 0 spiro atoms. The van der Waals surface area contributed by atoms with Gasteiger partial charge in [-0.2, -0.15) is 0 Å². The fraction of sp³-hybridized carbons (Fsp3) is 0.857. The van der Waals surface area contributed by atoms with E-state index in [1.807, 2.05) is 0 Å². The van der Waals surface area contributed by atoms with Gasteiger partial charge < -0.3 is 10.5 Å². The molecule has 0 aromatic rings. The Labute approximate surface area is 113 Å². The van der Waals surface area contributed by atoms with Crippen LogP contribution in [0, 0.1) is 0 Å². The molecule has 0 bridgehead atoms. The summed E-state index contributed by atoms with van der Waals surface area (Å²) in [6.07, 6.45) is -0.724. The van der Waals surface area contributed by atoms with Crippen LogP contribution in [0.3, 0.4) is 0 Å². The van der Waals surface area contributed by atoms with Crippen LogP contribution in [0.25, 0.3) is 0 Å². The van der Waals surface area contributed by atoms with Crippen LogP contribution in [0.4, 0.5) is 4.79 Å². The van der Waals surface area contributed by atoms with Crippen molar-refractivity contribution in [1.29, 1.82) is 0 Å². The molecule has 0 aromatic heterocycles. The van der Waals surface area contributed by atoms with E-state index in [4.69, 9.17) is 68.5 Å². The number of hydrogen-bond acceptors (Lipinski definition) is 2. The Morgan fingerprint density at radius 2 is 1.53 bits per heavy atom. The summed E-state index contributed by atoms with van der Waals surface area (Å²) in [6, 6.07) is 0. The van der Waals surface area contributed by atoms with Gasteiger partial charge in [-0.25, -0.2) is 4.79 Å². The molecule has 90 valence electrons. The first-order valence-electron chi connectivity index (χ1n) is 3.96. The first kappa shape index (κ1) is 15.7. The smallest absolute Gasteiger partial charge is 0.405 e. The third kappa shape index (κ3) is 4.61. The van der Waals surface area contributed by atoms with Crippen LogP contribution < -0.4 is 5.73 Å². The van der Waals surface area contributed by atoms with E-state index in [2.05, 4.69) is 0 Å². The zero-order valence-corrected chi connectivity index (χ0v) is 11.4. The standard InChI is InChI=1S/C7H10Cl5NO2/c8-3-1-6(2-4-9,7(10,11)12)15-5(13)14/h1-4H2,(H2,13,14). The molecule has 0 radical (unpaired) electrons. The Hall–Kier alpha value is 0.720. The molecule has 0 atom stereocenters. The van der Waals surface area contributed by atoms with Crippen molar-refractivity contribution in [3.8, 4) is 0 Å². The summed E-state index contributed by atoms with van der Waals surface area (Å²) >= 11 is 28.3. The molecule has 0 aliphatic heterocycles. The van der Waals surface area contributed by atoms with Crippen LogP contribution in [-0.4, -0.2) is 27.2 Å². The first-order chi connectivity index (χ1) is 6.79. The van der Waals surface area contributed by atoms with Crippen LogP contribution in [0.1, 0.15) is 12.8 Å². The van der Waals surface area contributed by atoms with E-state index in [0.29, 0.717) is 0 Å². The van der Waals surface area contributed by atoms with Crippen LogP contribution in [-0.2, 0) is 4.74 Å². The maximum Gasteiger partial charge on any atom is 0.405 e. The first-order valence-corrected chi connectivity index (χ1v) is 6.16. The second kappa shape index (κ2) is 6.45. The summed E-state index contributed by atoms with van der Waals surface area (Å²) in [4.78, 5) is 10.7. The van der Waals surface area contributed by atoms with E-state index < -0.39 is 15.5 Å². The minimum atomic E-state index is -1.83. The molecule has 0 rings (SSSR count). The molecule has 0 fully saturated rings. The zero-order valence-electron chi connectivity index (χ0n) is 7.61. The molecule has 0 heterocycles. The number of amides is 1. The largest absolute Gasteiger partial charge is 0.438 e. The van der Waals surface area contributed by atoms with Gasteiger partial charge in [0.15, 0.2) is 5.60 Å². The van der Waals surface area contributed by atoms with Gasteiger partial charge in [0, 0.05) is 24.6 Å². The lowest BCUT2D eigenvalue weighted by Gasteiger charge is -2.37. The van der Waals surface area contributed by atoms with Crippen molar-refractivity contribution in [3.63, 3.8) is 0 Å². The predicted octanol–water partition coefficient (Wildman–Crippen LogP) is 3.45. The van der Waals surface area contributed by atoms with Crippen molar-refractivity contribution in [2.75, 3.05) is 11.8 Å². The highest BCUT2D eigenvalue weighted by atomic mass is 35.6. The van der Waals surface area contributed by atoms with Crippen molar-refractivity contribution in [2.24, 2.45) is 5.73 Å². The normalized spacial score (nSPS) is 12.6. The Kier molecular flexibility index (Phi) is 6.76. The third-order valence-corrected chi connectivity index (χ3v) is 3.22.